The van der Waals surface area contributed by atoms with Crippen molar-refractivity contribution in [3.05, 3.63) is 75.2 Å². The van der Waals surface area contributed by atoms with Gasteiger partial charge in [0.05, 0.1) is 20.8 Å². The first-order chi connectivity index (χ1) is 19.4. The van der Waals surface area contributed by atoms with Crippen LogP contribution in [0.3, 0.4) is 0 Å². The minimum absolute atomic E-state index is 0.0624. The number of ketones is 1. The molecule has 0 aliphatic carbocycles. The van der Waals surface area contributed by atoms with Crippen molar-refractivity contribution in [2.75, 3.05) is 40.1 Å². The average Bonchev–Trinajstić information content (AvgIpc) is 3.41. The molecule has 11 nitrogen and oxygen atoms in total. The van der Waals surface area contributed by atoms with Gasteiger partial charge in [0.25, 0.3) is 5.91 Å². The maximum atomic E-state index is 13.7. The Balaban J connectivity index is 1.82. The molecule has 1 N–H and O–H groups in total. The Labute approximate surface area is 243 Å². The van der Waals surface area contributed by atoms with E-state index in [-0.39, 0.29) is 18.1 Å². The maximum Gasteiger partial charge on any atom is 0.318 e. The number of carbonyl (C=O) groups is 3. The van der Waals surface area contributed by atoms with Crippen molar-refractivity contribution in [1.82, 2.24) is 14.2 Å². The number of nitrogens with zero attached hydrogens (tertiary/aromatic N) is 3. The first-order valence-corrected chi connectivity index (χ1v) is 15.1. The third-order valence-electron chi connectivity index (χ3n) is 6.33. The highest BCUT2D eigenvalue weighted by atomic mass is 32.2. The molecule has 0 aliphatic rings. The fourth-order valence-corrected chi connectivity index (χ4v) is 5.90. The van der Waals surface area contributed by atoms with Crippen LogP contribution in [0.25, 0.3) is 0 Å². The molecule has 41 heavy (non-hydrogen) atoms. The highest BCUT2D eigenvalue weighted by Gasteiger charge is 2.27. The number of likely N-dealkylation sites (N-methyl/N-ethyl adjacent to an activating group) is 1. The van der Waals surface area contributed by atoms with Crippen LogP contribution >= 0.6 is 11.3 Å². The van der Waals surface area contributed by atoms with Gasteiger partial charge in [0.15, 0.2) is 5.78 Å². The molecule has 0 unspecified atom stereocenters. The van der Waals surface area contributed by atoms with E-state index in [1.54, 1.807) is 17.0 Å². The van der Waals surface area contributed by atoms with Crippen LogP contribution in [0.1, 0.15) is 43.4 Å². The van der Waals surface area contributed by atoms with Gasteiger partial charge in [0.1, 0.15) is 34.5 Å². The number of aliphatic carboxylic acids is 1. The zero-order valence-corrected chi connectivity index (χ0v) is 25.0. The number of carboxylic acid groups (broad SMARTS) is 1. The number of ether oxygens (including phenoxy) is 2. The molecule has 0 spiro atoms. The number of aryl methyl sites for hydroxylation is 1. The summed E-state index contributed by atoms with van der Waals surface area (Å²) in [5, 5.41) is 10.8. The highest BCUT2D eigenvalue weighted by molar-refractivity contribution is 7.89. The first kappa shape index (κ1) is 31.7. The van der Waals surface area contributed by atoms with Crippen LogP contribution in [0.15, 0.2) is 47.8 Å². The van der Waals surface area contributed by atoms with E-state index in [0.717, 1.165) is 35.9 Å². The third kappa shape index (κ3) is 8.59. The third-order valence-corrected chi connectivity index (χ3v) is 8.87. The molecule has 2 aromatic carbocycles. The van der Waals surface area contributed by atoms with Crippen LogP contribution in [0, 0.1) is 6.92 Å². The van der Waals surface area contributed by atoms with E-state index in [9.17, 15) is 22.8 Å². The zero-order valence-electron chi connectivity index (χ0n) is 23.3. The van der Waals surface area contributed by atoms with Crippen LogP contribution in [-0.2, 0) is 27.8 Å². The van der Waals surface area contributed by atoms with E-state index in [4.69, 9.17) is 14.6 Å². The van der Waals surface area contributed by atoms with Gasteiger partial charge in [-0.25, -0.2) is 13.4 Å². The summed E-state index contributed by atoms with van der Waals surface area (Å²) in [6.45, 7) is 1.56. The molecule has 0 bridgehead atoms. The standard InChI is InChI=1S/C28H33N3O8S2/c1-19-24(38-3)13-21(14-25(19)39-4)28(35)31(12-8-11-20-9-6-5-7-10-20)15-26-29-22(17-40-26)23(32)18-41(36,37)30(2)16-27(33)34/h5-7,9-10,13-14,17H,8,11-12,15-16,18H2,1-4H3,(H,33,34). The molecule has 1 amide bonds. The van der Waals surface area contributed by atoms with Crippen molar-refractivity contribution in [3.63, 3.8) is 0 Å². The summed E-state index contributed by atoms with van der Waals surface area (Å²) in [6.07, 6.45) is 1.41. The number of hydrogen-bond acceptors (Lipinski definition) is 9. The number of methoxy groups -OCH3 is 2. The number of benzene rings is 2. The first-order valence-electron chi connectivity index (χ1n) is 12.6. The topological polar surface area (TPSA) is 143 Å². The minimum Gasteiger partial charge on any atom is -0.496 e. The Morgan fingerprint density at radius 3 is 2.27 bits per heavy atom. The molecule has 1 aromatic heterocycles. The van der Waals surface area contributed by atoms with E-state index >= 15 is 0 Å². The number of rotatable bonds is 15. The van der Waals surface area contributed by atoms with Gasteiger partial charge < -0.3 is 19.5 Å². The number of sulfonamides is 1. The zero-order chi connectivity index (χ0) is 30.2. The number of hydrogen-bond donors (Lipinski definition) is 1. The lowest BCUT2D eigenvalue weighted by atomic mass is 10.1. The van der Waals surface area contributed by atoms with Crippen molar-refractivity contribution in [2.24, 2.45) is 0 Å². The SMILES string of the molecule is COc1cc(C(=O)N(CCCc2ccccc2)Cc2nc(C(=O)CS(=O)(=O)N(C)CC(=O)O)cs2)cc(OC)c1C. The molecule has 0 saturated heterocycles. The lowest BCUT2D eigenvalue weighted by Crippen LogP contribution is -2.36. The summed E-state index contributed by atoms with van der Waals surface area (Å²) in [4.78, 5) is 43.2. The van der Waals surface area contributed by atoms with Gasteiger partial charge in [-0.15, -0.1) is 11.3 Å². The fourth-order valence-electron chi connectivity index (χ4n) is 4.08. The van der Waals surface area contributed by atoms with Crippen LogP contribution in [0.4, 0.5) is 0 Å². The van der Waals surface area contributed by atoms with Gasteiger partial charge in [0.2, 0.25) is 10.0 Å². The molecule has 0 aliphatic heterocycles. The second-order valence-electron chi connectivity index (χ2n) is 9.28. The summed E-state index contributed by atoms with van der Waals surface area (Å²) in [5.41, 5.74) is 2.20. The van der Waals surface area contributed by atoms with E-state index in [1.807, 2.05) is 37.3 Å². The highest BCUT2D eigenvalue weighted by Crippen LogP contribution is 2.30. The summed E-state index contributed by atoms with van der Waals surface area (Å²) in [6, 6.07) is 13.2. The second-order valence-corrected chi connectivity index (χ2v) is 12.3. The quantitative estimate of drug-likeness (QED) is 0.259. The number of Topliss-reactive ketones (excluding diaryl/α,β-unsaturated/α-hetero) is 1. The Morgan fingerprint density at radius 1 is 1.05 bits per heavy atom. The molecule has 220 valence electrons. The number of aromatic nitrogens is 1. The Bertz CT molecular complexity index is 1460. The summed E-state index contributed by atoms with van der Waals surface area (Å²) >= 11 is 1.13. The Morgan fingerprint density at radius 2 is 1.68 bits per heavy atom. The minimum atomic E-state index is -4.14. The van der Waals surface area contributed by atoms with Crippen LogP contribution < -0.4 is 9.47 Å². The van der Waals surface area contributed by atoms with Crippen LogP contribution in [-0.4, -0.2) is 85.5 Å². The summed E-state index contributed by atoms with van der Waals surface area (Å²) < 4.78 is 36.3. The van der Waals surface area contributed by atoms with E-state index in [1.165, 1.54) is 19.6 Å². The van der Waals surface area contributed by atoms with Gasteiger partial charge >= 0.3 is 5.97 Å². The van der Waals surface area contributed by atoms with Crippen molar-refractivity contribution in [2.45, 2.75) is 26.3 Å². The van der Waals surface area contributed by atoms with E-state index in [2.05, 4.69) is 4.98 Å². The van der Waals surface area contributed by atoms with Crippen molar-refractivity contribution in [3.8, 4) is 11.5 Å². The molecule has 3 aromatic rings. The Kier molecular flexibility index (Phi) is 11.0. The monoisotopic (exact) mass is 603 g/mol. The lowest BCUT2D eigenvalue weighted by Gasteiger charge is -2.23. The summed E-state index contributed by atoms with van der Waals surface area (Å²) in [5.74, 6) is -2.28. The largest absolute Gasteiger partial charge is 0.496 e. The van der Waals surface area contributed by atoms with Gasteiger partial charge in [0, 0.05) is 30.1 Å². The van der Waals surface area contributed by atoms with E-state index < -0.39 is 34.1 Å². The molecule has 0 atom stereocenters. The van der Waals surface area contributed by atoms with Gasteiger partial charge in [-0.1, -0.05) is 30.3 Å². The molecular formula is C28H33N3O8S2. The molecule has 1 heterocycles. The van der Waals surface area contributed by atoms with Crippen molar-refractivity contribution in [1.29, 1.82) is 0 Å². The van der Waals surface area contributed by atoms with Crippen molar-refractivity contribution < 1.29 is 37.4 Å². The number of carboxylic acids is 1. The number of amides is 1. The molecule has 3 rings (SSSR count). The smallest absolute Gasteiger partial charge is 0.318 e. The maximum absolute atomic E-state index is 13.7. The molecule has 0 saturated carbocycles. The molecular weight excluding hydrogens is 570 g/mol. The summed E-state index contributed by atoms with van der Waals surface area (Å²) in [7, 11) is -0.0169. The van der Waals surface area contributed by atoms with Crippen molar-refractivity contribution >= 4 is 39.0 Å². The molecule has 0 radical (unpaired) electrons. The predicted octanol–water partition coefficient (Wildman–Crippen LogP) is 3.27. The van der Waals surface area contributed by atoms with Gasteiger partial charge in [-0.3, -0.25) is 14.4 Å². The second kappa shape index (κ2) is 14.2. The lowest BCUT2D eigenvalue weighted by molar-refractivity contribution is -0.137. The number of thiazole rings is 1. The average molecular weight is 604 g/mol. The van der Waals surface area contributed by atoms with Gasteiger partial charge in [-0.05, 0) is 37.5 Å². The molecule has 13 heteroatoms. The van der Waals surface area contributed by atoms with Crippen LogP contribution in [0.2, 0.25) is 0 Å². The van der Waals surface area contributed by atoms with Crippen LogP contribution in [0.5, 0.6) is 11.5 Å². The Hall–Kier alpha value is -3.81. The predicted molar refractivity (Wildman–Crippen MR) is 154 cm³/mol. The fraction of sp³-hybridized carbons (Fsp3) is 0.357. The normalized spacial score (nSPS) is 11.3. The van der Waals surface area contributed by atoms with Gasteiger partial charge in [-0.2, -0.15) is 4.31 Å². The number of carbonyl (C=O) groups excluding carboxylic acids is 2. The molecule has 0 fully saturated rings. The van der Waals surface area contributed by atoms with E-state index in [0.29, 0.717) is 39.3 Å².